The van der Waals surface area contributed by atoms with Crippen LogP contribution in [0.1, 0.15) is 43.3 Å². The number of likely N-dealkylation sites (N-methyl/N-ethyl adjacent to an activating group) is 1. The number of esters is 1. The van der Waals surface area contributed by atoms with E-state index in [0.717, 1.165) is 40.6 Å². The number of carbonyl (C=O) groups excluding carboxylic acids is 3. The van der Waals surface area contributed by atoms with Crippen molar-refractivity contribution in [3.8, 4) is 0 Å². The SMILES string of the molecule is CCOC(=O)C1CCCN(C(=O)CN(C)C(=O)c2cc3sc(N(CC)CC)nc3s2)C1. The first kappa shape index (κ1) is 23.5. The monoisotopic (exact) mass is 466 g/mol. The Kier molecular flexibility index (Phi) is 7.88. The van der Waals surface area contributed by atoms with Gasteiger partial charge in [-0.25, -0.2) is 4.98 Å². The third-order valence-electron chi connectivity index (χ3n) is 5.44. The van der Waals surface area contributed by atoms with E-state index in [1.165, 1.54) is 16.2 Å². The van der Waals surface area contributed by atoms with Gasteiger partial charge in [0.05, 0.1) is 28.6 Å². The van der Waals surface area contributed by atoms with E-state index in [-0.39, 0.29) is 30.2 Å². The second kappa shape index (κ2) is 10.4. The van der Waals surface area contributed by atoms with Crippen molar-refractivity contribution in [2.24, 2.45) is 5.92 Å². The van der Waals surface area contributed by atoms with Gasteiger partial charge in [0.2, 0.25) is 5.91 Å². The maximum Gasteiger partial charge on any atom is 0.310 e. The van der Waals surface area contributed by atoms with E-state index in [1.807, 2.05) is 6.07 Å². The standard InChI is InChI=1S/C21H30N4O4S2/c1-5-24(6-2)21-22-18-15(31-21)11-16(30-18)19(27)23(4)13-17(26)25-10-8-9-14(12-25)20(28)29-7-3/h11,14H,5-10,12-13H2,1-4H3. The lowest BCUT2D eigenvalue weighted by molar-refractivity contribution is -0.151. The predicted molar refractivity (Wildman–Crippen MR) is 124 cm³/mol. The molecule has 0 aromatic carbocycles. The highest BCUT2D eigenvalue weighted by atomic mass is 32.1. The molecule has 31 heavy (non-hydrogen) atoms. The molecule has 170 valence electrons. The van der Waals surface area contributed by atoms with Gasteiger partial charge in [-0.1, -0.05) is 11.3 Å². The highest BCUT2D eigenvalue weighted by molar-refractivity contribution is 7.29. The Morgan fingerprint density at radius 3 is 2.61 bits per heavy atom. The van der Waals surface area contributed by atoms with Crippen molar-refractivity contribution in [3.63, 3.8) is 0 Å². The molecule has 1 atom stereocenters. The van der Waals surface area contributed by atoms with Crippen LogP contribution < -0.4 is 4.90 Å². The van der Waals surface area contributed by atoms with Gasteiger partial charge in [-0.05, 0) is 39.7 Å². The van der Waals surface area contributed by atoms with Crippen LogP contribution in [0.5, 0.6) is 0 Å². The summed E-state index contributed by atoms with van der Waals surface area (Å²) in [6.45, 7) is 9.02. The second-order valence-electron chi connectivity index (χ2n) is 7.54. The number of rotatable bonds is 8. The lowest BCUT2D eigenvalue weighted by Gasteiger charge is -2.32. The molecule has 0 spiro atoms. The van der Waals surface area contributed by atoms with Gasteiger partial charge in [-0.2, -0.15) is 0 Å². The minimum atomic E-state index is -0.284. The highest BCUT2D eigenvalue weighted by Crippen LogP contribution is 2.35. The normalized spacial score (nSPS) is 16.4. The van der Waals surface area contributed by atoms with Gasteiger partial charge in [0.1, 0.15) is 4.83 Å². The molecule has 8 nitrogen and oxygen atoms in total. The maximum atomic E-state index is 12.9. The van der Waals surface area contributed by atoms with Crippen molar-refractivity contribution < 1.29 is 19.1 Å². The van der Waals surface area contributed by atoms with E-state index >= 15 is 0 Å². The number of hydrogen-bond acceptors (Lipinski definition) is 8. The van der Waals surface area contributed by atoms with Gasteiger partial charge in [0.25, 0.3) is 5.91 Å². The van der Waals surface area contributed by atoms with E-state index in [4.69, 9.17) is 4.74 Å². The average molecular weight is 467 g/mol. The topological polar surface area (TPSA) is 83.0 Å². The van der Waals surface area contributed by atoms with Crippen molar-refractivity contribution in [2.75, 3.05) is 51.3 Å². The van der Waals surface area contributed by atoms with Crippen LogP contribution in [-0.4, -0.2) is 78.9 Å². The number of fused-ring (bicyclic) bond motifs is 1. The minimum Gasteiger partial charge on any atom is -0.466 e. The van der Waals surface area contributed by atoms with Crippen LogP contribution in [0, 0.1) is 5.92 Å². The number of piperidine rings is 1. The fourth-order valence-corrected chi connectivity index (χ4v) is 6.01. The van der Waals surface area contributed by atoms with E-state index < -0.39 is 0 Å². The van der Waals surface area contributed by atoms with Crippen molar-refractivity contribution in [2.45, 2.75) is 33.6 Å². The van der Waals surface area contributed by atoms with Gasteiger partial charge in [-0.3, -0.25) is 14.4 Å². The number of amides is 2. The maximum absolute atomic E-state index is 12.9. The molecular weight excluding hydrogens is 436 g/mol. The fraction of sp³-hybridized carbons (Fsp3) is 0.619. The first-order valence-electron chi connectivity index (χ1n) is 10.7. The predicted octanol–water partition coefficient (Wildman–Crippen LogP) is 3.08. The lowest BCUT2D eigenvalue weighted by atomic mass is 9.98. The van der Waals surface area contributed by atoms with E-state index in [9.17, 15) is 14.4 Å². The number of carbonyl (C=O) groups is 3. The smallest absolute Gasteiger partial charge is 0.310 e. The minimum absolute atomic E-state index is 0.0158. The number of thiophene rings is 1. The molecule has 0 N–H and O–H groups in total. The van der Waals surface area contributed by atoms with E-state index in [2.05, 4.69) is 23.7 Å². The molecule has 0 aliphatic carbocycles. The number of hydrogen-bond donors (Lipinski definition) is 0. The van der Waals surface area contributed by atoms with Crippen molar-refractivity contribution >= 4 is 55.1 Å². The molecule has 2 amide bonds. The molecule has 2 aromatic heterocycles. The first-order valence-corrected chi connectivity index (χ1v) is 12.4. The Bertz CT molecular complexity index is 906. The van der Waals surface area contributed by atoms with Crippen molar-refractivity contribution in [1.82, 2.24) is 14.8 Å². The van der Waals surface area contributed by atoms with Crippen molar-refractivity contribution in [1.29, 1.82) is 0 Å². The molecule has 1 unspecified atom stereocenters. The highest BCUT2D eigenvalue weighted by Gasteiger charge is 2.30. The summed E-state index contributed by atoms with van der Waals surface area (Å²) in [6, 6.07) is 1.87. The third kappa shape index (κ3) is 5.35. The van der Waals surface area contributed by atoms with Gasteiger partial charge in [0, 0.05) is 33.2 Å². The summed E-state index contributed by atoms with van der Waals surface area (Å²) >= 11 is 2.94. The number of likely N-dealkylation sites (tertiary alicyclic amines) is 1. The first-order chi connectivity index (χ1) is 14.9. The van der Waals surface area contributed by atoms with Gasteiger partial charge >= 0.3 is 5.97 Å². The zero-order valence-corrected chi connectivity index (χ0v) is 20.2. The Labute approximate surface area is 190 Å². The molecule has 3 heterocycles. The van der Waals surface area contributed by atoms with Crippen molar-refractivity contribution in [3.05, 3.63) is 10.9 Å². The third-order valence-corrected chi connectivity index (χ3v) is 7.65. The zero-order chi connectivity index (χ0) is 22.5. The molecule has 2 aromatic rings. The molecular formula is C21H30N4O4S2. The summed E-state index contributed by atoms with van der Waals surface area (Å²) < 4.78 is 6.09. The molecule has 3 rings (SSSR count). The summed E-state index contributed by atoms with van der Waals surface area (Å²) in [4.78, 5) is 49.0. The Hall–Kier alpha value is -2.20. The summed E-state index contributed by atoms with van der Waals surface area (Å²) in [6.07, 6.45) is 1.49. The quantitative estimate of drug-likeness (QED) is 0.556. The van der Waals surface area contributed by atoms with Crippen LogP contribution in [0.3, 0.4) is 0 Å². The lowest BCUT2D eigenvalue weighted by Crippen LogP contribution is -2.47. The number of anilines is 1. The molecule has 1 fully saturated rings. The van der Waals surface area contributed by atoms with Crippen LogP contribution in [0.15, 0.2) is 6.07 Å². The van der Waals surface area contributed by atoms with Crippen LogP contribution >= 0.6 is 22.7 Å². The van der Waals surface area contributed by atoms with E-state index in [1.54, 1.807) is 30.2 Å². The number of thiazole rings is 1. The molecule has 0 bridgehead atoms. The Balaban J connectivity index is 1.61. The number of aromatic nitrogens is 1. The molecule has 0 saturated carbocycles. The summed E-state index contributed by atoms with van der Waals surface area (Å²) in [5.74, 6) is -0.870. The van der Waals surface area contributed by atoms with Crippen LogP contribution in [-0.2, 0) is 14.3 Å². The van der Waals surface area contributed by atoms with Gasteiger partial charge < -0.3 is 19.4 Å². The Morgan fingerprint density at radius 1 is 1.23 bits per heavy atom. The number of nitrogens with zero attached hydrogens (tertiary/aromatic N) is 4. The molecule has 1 saturated heterocycles. The number of ether oxygens (including phenoxy) is 1. The molecule has 0 radical (unpaired) electrons. The summed E-state index contributed by atoms with van der Waals surface area (Å²) in [5, 5.41) is 0.968. The van der Waals surface area contributed by atoms with Gasteiger partial charge in [-0.15, -0.1) is 11.3 Å². The average Bonchev–Trinajstić information content (AvgIpc) is 3.33. The largest absolute Gasteiger partial charge is 0.466 e. The van der Waals surface area contributed by atoms with Crippen LogP contribution in [0.4, 0.5) is 5.13 Å². The molecule has 10 heteroatoms. The Morgan fingerprint density at radius 2 is 1.97 bits per heavy atom. The van der Waals surface area contributed by atoms with Crippen LogP contribution in [0.2, 0.25) is 0 Å². The fourth-order valence-electron chi connectivity index (χ4n) is 3.68. The van der Waals surface area contributed by atoms with E-state index in [0.29, 0.717) is 24.6 Å². The second-order valence-corrected chi connectivity index (χ2v) is 9.58. The molecule has 1 aliphatic rings. The van der Waals surface area contributed by atoms with Gasteiger partial charge in [0.15, 0.2) is 5.13 Å². The van der Waals surface area contributed by atoms with Crippen LogP contribution in [0.25, 0.3) is 9.53 Å². The molecule has 1 aliphatic heterocycles. The zero-order valence-electron chi connectivity index (χ0n) is 18.5. The summed E-state index contributed by atoms with van der Waals surface area (Å²) in [5.41, 5.74) is 0. The summed E-state index contributed by atoms with van der Waals surface area (Å²) in [7, 11) is 1.63.